The third kappa shape index (κ3) is 3.21. The van der Waals surface area contributed by atoms with E-state index in [0.29, 0.717) is 46.2 Å². The Labute approximate surface area is 149 Å². The highest BCUT2D eigenvalue weighted by molar-refractivity contribution is 5.95. The number of fused-ring (bicyclic) bond motifs is 1. The highest BCUT2D eigenvalue weighted by Crippen LogP contribution is 2.36. The first kappa shape index (κ1) is 17.4. The predicted molar refractivity (Wildman–Crippen MR) is 98.9 cm³/mol. The molecule has 0 spiro atoms. The van der Waals surface area contributed by atoms with E-state index in [-0.39, 0.29) is 5.69 Å². The second-order valence-electron chi connectivity index (χ2n) is 5.46. The van der Waals surface area contributed by atoms with E-state index < -0.39 is 4.92 Å². The molecule has 1 N–H and O–H groups in total. The van der Waals surface area contributed by atoms with E-state index in [1.54, 1.807) is 38.5 Å². The first-order chi connectivity index (χ1) is 12.6. The lowest BCUT2D eigenvalue weighted by Gasteiger charge is -2.13. The predicted octanol–water partition coefficient (Wildman–Crippen LogP) is 3.65. The number of benzene rings is 2. The van der Waals surface area contributed by atoms with Crippen molar-refractivity contribution in [2.75, 3.05) is 26.1 Å². The first-order valence-corrected chi connectivity index (χ1v) is 7.99. The number of rotatable bonds is 6. The van der Waals surface area contributed by atoms with Gasteiger partial charge in [-0.25, -0.2) is 9.97 Å². The summed E-state index contributed by atoms with van der Waals surface area (Å²) in [4.78, 5) is 19.7. The summed E-state index contributed by atoms with van der Waals surface area (Å²) in [5.41, 5.74) is 1.85. The second-order valence-corrected chi connectivity index (χ2v) is 5.46. The number of hydrogen-bond acceptors (Lipinski definition) is 7. The number of non-ortho nitro benzene ring substituents is 1. The Kier molecular flexibility index (Phi) is 4.83. The van der Waals surface area contributed by atoms with Crippen LogP contribution in [0.3, 0.4) is 0 Å². The summed E-state index contributed by atoms with van der Waals surface area (Å²) in [6.07, 6.45) is 0. The molecule has 0 saturated heterocycles. The summed E-state index contributed by atoms with van der Waals surface area (Å²) in [6.45, 7) is 2.59. The minimum atomic E-state index is -0.429. The Balaban J connectivity index is 2.31. The molecule has 26 heavy (non-hydrogen) atoms. The fourth-order valence-corrected chi connectivity index (χ4v) is 2.68. The van der Waals surface area contributed by atoms with Crippen LogP contribution in [0.4, 0.5) is 11.6 Å². The lowest BCUT2D eigenvalue weighted by molar-refractivity contribution is -0.384. The molecule has 3 aromatic rings. The third-order valence-electron chi connectivity index (χ3n) is 3.87. The van der Waals surface area contributed by atoms with Crippen LogP contribution in [0.2, 0.25) is 0 Å². The van der Waals surface area contributed by atoms with Crippen LogP contribution in [0.25, 0.3) is 22.2 Å². The molecule has 1 aromatic heterocycles. The molecular formula is C18H18N4O4. The van der Waals surface area contributed by atoms with E-state index in [2.05, 4.69) is 15.3 Å². The van der Waals surface area contributed by atoms with Crippen molar-refractivity contribution in [2.24, 2.45) is 0 Å². The van der Waals surface area contributed by atoms with E-state index in [1.807, 2.05) is 6.92 Å². The molecule has 8 heteroatoms. The minimum Gasteiger partial charge on any atom is -0.493 e. The highest BCUT2D eigenvalue weighted by Gasteiger charge is 2.16. The summed E-state index contributed by atoms with van der Waals surface area (Å²) in [6, 6.07) is 9.89. The van der Waals surface area contributed by atoms with E-state index in [0.717, 1.165) is 0 Å². The number of anilines is 1. The fourth-order valence-electron chi connectivity index (χ4n) is 2.68. The van der Waals surface area contributed by atoms with Gasteiger partial charge in [-0.05, 0) is 13.0 Å². The molecule has 0 amide bonds. The van der Waals surface area contributed by atoms with E-state index in [1.165, 1.54) is 12.1 Å². The number of nitro benzene ring substituents is 1. The molecule has 8 nitrogen and oxygen atoms in total. The number of nitrogens with zero attached hydrogens (tertiary/aromatic N) is 3. The van der Waals surface area contributed by atoms with Crippen LogP contribution in [0.15, 0.2) is 36.4 Å². The van der Waals surface area contributed by atoms with Gasteiger partial charge < -0.3 is 14.8 Å². The van der Waals surface area contributed by atoms with Crippen molar-refractivity contribution in [1.82, 2.24) is 9.97 Å². The lowest BCUT2D eigenvalue weighted by atomic mass is 10.1. The molecule has 1 heterocycles. The molecule has 0 bridgehead atoms. The third-order valence-corrected chi connectivity index (χ3v) is 3.87. The molecule has 0 atom stereocenters. The van der Waals surface area contributed by atoms with Gasteiger partial charge in [-0.2, -0.15) is 0 Å². The van der Waals surface area contributed by atoms with Gasteiger partial charge in [-0.1, -0.05) is 12.1 Å². The Bertz CT molecular complexity index is 975. The molecule has 0 aliphatic rings. The maximum atomic E-state index is 11.1. The summed E-state index contributed by atoms with van der Waals surface area (Å²) >= 11 is 0. The highest BCUT2D eigenvalue weighted by atomic mass is 16.6. The molecule has 0 aliphatic carbocycles. The van der Waals surface area contributed by atoms with Crippen molar-refractivity contribution < 1.29 is 14.4 Å². The molecule has 2 aromatic carbocycles. The Morgan fingerprint density at radius 1 is 1.12 bits per heavy atom. The summed E-state index contributed by atoms with van der Waals surface area (Å²) in [5.74, 6) is 1.52. The lowest BCUT2D eigenvalue weighted by Crippen LogP contribution is -2.04. The fraction of sp³-hybridized carbons (Fsp3) is 0.222. The van der Waals surface area contributed by atoms with E-state index in [4.69, 9.17) is 9.47 Å². The number of nitro groups is 1. The first-order valence-electron chi connectivity index (χ1n) is 7.99. The monoisotopic (exact) mass is 354 g/mol. The average molecular weight is 354 g/mol. The van der Waals surface area contributed by atoms with Crippen LogP contribution in [-0.2, 0) is 0 Å². The van der Waals surface area contributed by atoms with Crippen LogP contribution in [0.5, 0.6) is 11.5 Å². The van der Waals surface area contributed by atoms with Crippen LogP contribution in [0.1, 0.15) is 6.92 Å². The summed E-state index contributed by atoms with van der Waals surface area (Å²) in [5, 5.41) is 14.9. The van der Waals surface area contributed by atoms with Crippen molar-refractivity contribution in [3.63, 3.8) is 0 Å². The zero-order valence-corrected chi connectivity index (χ0v) is 14.6. The van der Waals surface area contributed by atoms with Gasteiger partial charge in [0.2, 0.25) is 5.95 Å². The van der Waals surface area contributed by atoms with Crippen LogP contribution in [-0.4, -0.2) is 35.7 Å². The number of hydrogen-bond donors (Lipinski definition) is 1. The molecule has 0 aliphatic heterocycles. The second kappa shape index (κ2) is 7.22. The van der Waals surface area contributed by atoms with Gasteiger partial charge in [0.1, 0.15) is 0 Å². The van der Waals surface area contributed by atoms with Gasteiger partial charge in [0, 0.05) is 35.7 Å². The molecule has 3 rings (SSSR count). The molecular weight excluding hydrogens is 336 g/mol. The van der Waals surface area contributed by atoms with Crippen molar-refractivity contribution in [2.45, 2.75) is 6.92 Å². The number of nitrogens with one attached hydrogen (secondary N) is 1. The Morgan fingerprint density at radius 2 is 1.85 bits per heavy atom. The van der Waals surface area contributed by atoms with Crippen LogP contribution < -0.4 is 14.8 Å². The normalized spacial score (nSPS) is 10.6. The summed E-state index contributed by atoms with van der Waals surface area (Å²) < 4.78 is 10.7. The maximum Gasteiger partial charge on any atom is 0.270 e. The van der Waals surface area contributed by atoms with Crippen molar-refractivity contribution in [1.29, 1.82) is 0 Å². The van der Waals surface area contributed by atoms with Crippen LogP contribution >= 0.6 is 0 Å². The van der Waals surface area contributed by atoms with Gasteiger partial charge in [-0.3, -0.25) is 10.1 Å². The van der Waals surface area contributed by atoms with Gasteiger partial charge >= 0.3 is 0 Å². The zero-order valence-electron chi connectivity index (χ0n) is 14.6. The van der Waals surface area contributed by atoms with Crippen molar-refractivity contribution in [3.05, 3.63) is 46.5 Å². The van der Waals surface area contributed by atoms with Crippen molar-refractivity contribution in [3.8, 4) is 22.8 Å². The number of methoxy groups -OCH3 is 2. The Morgan fingerprint density at radius 3 is 2.50 bits per heavy atom. The standard InChI is InChI=1S/C18H18N4O4/c1-4-19-18-20-14-10-16(26-3)15(25-2)9-13(14)17(21-18)11-6-5-7-12(8-11)22(23)24/h5-10H,4H2,1-3H3,(H,19,20,21). The molecule has 134 valence electrons. The molecule has 0 saturated carbocycles. The van der Waals surface area contributed by atoms with E-state index in [9.17, 15) is 10.1 Å². The minimum absolute atomic E-state index is 0.000241. The van der Waals surface area contributed by atoms with Gasteiger partial charge in [-0.15, -0.1) is 0 Å². The Hall–Kier alpha value is -3.42. The van der Waals surface area contributed by atoms with Crippen LogP contribution in [0, 0.1) is 10.1 Å². The largest absolute Gasteiger partial charge is 0.493 e. The summed E-state index contributed by atoms with van der Waals surface area (Å²) in [7, 11) is 3.10. The van der Waals surface area contributed by atoms with E-state index >= 15 is 0 Å². The smallest absolute Gasteiger partial charge is 0.270 e. The SMILES string of the molecule is CCNc1nc(-c2cccc([N+](=O)[O-])c2)c2cc(OC)c(OC)cc2n1. The quantitative estimate of drug-likeness (QED) is 0.533. The average Bonchev–Trinajstić information content (AvgIpc) is 2.66. The maximum absolute atomic E-state index is 11.1. The molecule has 0 fully saturated rings. The van der Waals surface area contributed by atoms with Crippen molar-refractivity contribution >= 4 is 22.5 Å². The van der Waals surface area contributed by atoms with Gasteiger partial charge in [0.05, 0.1) is 30.4 Å². The topological polar surface area (TPSA) is 99.4 Å². The zero-order chi connectivity index (χ0) is 18.7. The molecule has 0 unspecified atom stereocenters. The molecule has 0 radical (unpaired) electrons. The van der Waals surface area contributed by atoms with Gasteiger partial charge in [0.25, 0.3) is 5.69 Å². The van der Waals surface area contributed by atoms with Gasteiger partial charge in [0.15, 0.2) is 11.5 Å². The number of aromatic nitrogens is 2. The number of ether oxygens (including phenoxy) is 2.